The first kappa shape index (κ1) is 12.0. The Morgan fingerprint density at radius 1 is 1.42 bits per heavy atom. The molecule has 2 aromatic rings. The minimum Gasteiger partial charge on any atom is -0.352 e. The van der Waals surface area contributed by atoms with E-state index in [-0.39, 0.29) is 11.8 Å². The van der Waals surface area contributed by atoms with Crippen LogP contribution >= 0.6 is 0 Å². The molecule has 1 heterocycles. The fraction of sp³-hybridized carbons (Fsp3) is 0.333. The van der Waals surface area contributed by atoms with Gasteiger partial charge in [0.25, 0.3) is 0 Å². The van der Waals surface area contributed by atoms with Crippen LogP contribution in [0.1, 0.15) is 18.4 Å². The molecule has 19 heavy (non-hydrogen) atoms. The number of nitrogens with zero attached hydrogens (tertiary/aromatic N) is 2. The van der Waals surface area contributed by atoms with Crippen LogP contribution in [0.5, 0.6) is 0 Å². The second-order valence-corrected chi connectivity index (χ2v) is 5.10. The summed E-state index contributed by atoms with van der Waals surface area (Å²) in [5, 5.41) is 7.16. The van der Waals surface area contributed by atoms with Crippen molar-refractivity contribution in [3.8, 4) is 11.1 Å². The molecule has 1 aliphatic carbocycles. The van der Waals surface area contributed by atoms with Crippen LogP contribution < -0.4 is 5.32 Å². The number of amides is 1. The second-order valence-electron chi connectivity index (χ2n) is 5.10. The largest absolute Gasteiger partial charge is 0.352 e. The van der Waals surface area contributed by atoms with Gasteiger partial charge in [0, 0.05) is 31.3 Å². The number of aryl methyl sites for hydroxylation is 1. The van der Waals surface area contributed by atoms with Crippen molar-refractivity contribution >= 4 is 5.91 Å². The van der Waals surface area contributed by atoms with E-state index in [0.29, 0.717) is 6.54 Å². The van der Waals surface area contributed by atoms with E-state index >= 15 is 0 Å². The predicted octanol–water partition coefficient (Wildman–Crippen LogP) is 2.11. The minimum atomic E-state index is 0.187. The Bertz CT molecular complexity index is 599. The molecule has 1 N–H and O–H groups in total. The van der Waals surface area contributed by atoms with Gasteiger partial charge in [0.05, 0.1) is 6.20 Å². The van der Waals surface area contributed by atoms with Crippen LogP contribution in [0.2, 0.25) is 0 Å². The molecule has 3 rings (SSSR count). The Morgan fingerprint density at radius 3 is 2.95 bits per heavy atom. The van der Waals surface area contributed by atoms with E-state index < -0.39 is 0 Å². The maximum atomic E-state index is 11.6. The van der Waals surface area contributed by atoms with Crippen molar-refractivity contribution in [1.29, 1.82) is 0 Å². The fourth-order valence-electron chi connectivity index (χ4n) is 2.11. The first-order valence-electron chi connectivity index (χ1n) is 6.58. The van der Waals surface area contributed by atoms with Crippen molar-refractivity contribution in [2.45, 2.75) is 19.4 Å². The third-order valence-corrected chi connectivity index (χ3v) is 3.38. The molecule has 1 aromatic heterocycles. The molecule has 4 nitrogen and oxygen atoms in total. The molecule has 0 saturated heterocycles. The molecule has 0 aliphatic heterocycles. The highest BCUT2D eigenvalue weighted by Crippen LogP contribution is 2.28. The summed E-state index contributed by atoms with van der Waals surface area (Å²) in [7, 11) is 1.91. The lowest BCUT2D eigenvalue weighted by Gasteiger charge is -2.06. The number of carbonyl (C=O) groups is 1. The summed E-state index contributed by atoms with van der Waals surface area (Å²) in [6.45, 7) is 0.601. The molecule has 1 aliphatic rings. The van der Waals surface area contributed by atoms with Gasteiger partial charge in [-0.25, -0.2) is 0 Å². The number of hydrogen-bond donors (Lipinski definition) is 1. The molecule has 0 unspecified atom stereocenters. The van der Waals surface area contributed by atoms with E-state index in [9.17, 15) is 4.79 Å². The molecule has 1 fully saturated rings. The maximum absolute atomic E-state index is 11.6. The van der Waals surface area contributed by atoms with Gasteiger partial charge in [-0.05, 0) is 30.0 Å². The summed E-state index contributed by atoms with van der Waals surface area (Å²) in [6, 6.07) is 8.21. The molecule has 1 aromatic carbocycles. The number of aromatic nitrogens is 2. The zero-order chi connectivity index (χ0) is 13.2. The van der Waals surface area contributed by atoms with E-state index in [1.807, 2.05) is 31.6 Å². The van der Waals surface area contributed by atoms with Crippen LogP contribution in [0.15, 0.2) is 36.7 Å². The topological polar surface area (TPSA) is 46.9 Å². The van der Waals surface area contributed by atoms with Gasteiger partial charge in [-0.3, -0.25) is 9.48 Å². The molecule has 0 bridgehead atoms. The molecule has 1 amide bonds. The van der Waals surface area contributed by atoms with Gasteiger partial charge >= 0.3 is 0 Å². The van der Waals surface area contributed by atoms with Gasteiger partial charge < -0.3 is 5.32 Å². The van der Waals surface area contributed by atoms with Gasteiger partial charge in [0.15, 0.2) is 0 Å². The highest BCUT2D eigenvalue weighted by molar-refractivity contribution is 5.80. The van der Waals surface area contributed by atoms with Crippen molar-refractivity contribution < 1.29 is 4.79 Å². The zero-order valence-corrected chi connectivity index (χ0v) is 11.0. The molecule has 98 valence electrons. The van der Waals surface area contributed by atoms with E-state index in [1.54, 1.807) is 4.68 Å². The van der Waals surface area contributed by atoms with Crippen LogP contribution in [-0.4, -0.2) is 15.7 Å². The third-order valence-electron chi connectivity index (χ3n) is 3.38. The van der Waals surface area contributed by atoms with Gasteiger partial charge in [0.2, 0.25) is 5.91 Å². The molecular weight excluding hydrogens is 238 g/mol. The number of hydrogen-bond acceptors (Lipinski definition) is 2. The monoisotopic (exact) mass is 255 g/mol. The van der Waals surface area contributed by atoms with Gasteiger partial charge in [-0.2, -0.15) is 5.10 Å². The summed E-state index contributed by atoms with van der Waals surface area (Å²) in [5.41, 5.74) is 3.35. The van der Waals surface area contributed by atoms with Crippen molar-refractivity contribution in [1.82, 2.24) is 15.1 Å². The predicted molar refractivity (Wildman–Crippen MR) is 73.2 cm³/mol. The van der Waals surface area contributed by atoms with E-state index in [2.05, 4.69) is 22.5 Å². The number of rotatable bonds is 4. The fourth-order valence-corrected chi connectivity index (χ4v) is 2.11. The van der Waals surface area contributed by atoms with Crippen LogP contribution in [0.25, 0.3) is 11.1 Å². The molecular formula is C15H17N3O. The Kier molecular flexibility index (Phi) is 3.07. The summed E-state index contributed by atoms with van der Waals surface area (Å²) < 4.78 is 1.79. The van der Waals surface area contributed by atoms with Crippen LogP contribution in [0.4, 0.5) is 0 Å². The van der Waals surface area contributed by atoms with Crippen molar-refractivity contribution in [3.05, 3.63) is 42.2 Å². The average Bonchev–Trinajstić information content (AvgIpc) is 3.19. The van der Waals surface area contributed by atoms with Crippen LogP contribution in [-0.2, 0) is 18.4 Å². The maximum Gasteiger partial charge on any atom is 0.223 e. The number of benzene rings is 1. The van der Waals surface area contributed by atoms with Gasteiger partial charge in [-0.1, -0.05) is 18.2 Å². The summed E-state index contributed by atoms with van der Waals surface area (Å²) in [5.74, 6) is 0.452. The molecule has 0 radical (unpaired) electrons. The lowest BCUT2D eigenvalue weighted by atomic mass is 10.1. The second kappa shape index (κ2) is 4.88. The summed E-state index contributed by atoms with van der Waals surface area (Å²) in [6.07, 6.45) is 5.92. The van der Waals surface area contributed by atoms with E-state index in [4.69, 9.17) is 0 Å². The van der Waals surface area contributed by atoms with Gasteiger partial charge in [-0.15, -0.1) is 0 Å². The minimum absolute atomic E-state index is 0.187. The Balaban J connectivity index is 1.70. The zero-order valence-electron chi connectivity index (χ0n) is 11.0. The molecule has 1 saturated carbocycles. The average molecular weight is 255 g/mol. The van der Waals surface area contributed by atoms with Crippen molar-refractivity contribution in [2.24, 2.45) is 13.0 Å². The first-order chi connectivity index (χ1) is 9.22. The Hall–Kier alpha value is -2.10. The Morgan fingerprint density at radius 2 is 2.26 bits per heavy atom. The lowest BCUT2D eigenvalue weighted by Crippen LogP contribution is -2.24. The SMILES string of the molecule is Cn1cc(-c2cccc(CNC(=O)C3CC3)c2)cn1. The standard InChI is InChI=1S/C15H17N3O/c1-18-10-14(9-17-18)13-4-2-3-11(7-13)8-16-15(19)12-5-6-12/h2-4,7,9-10,12H,5-6,8H2,1H3,(H,16,19). The highest BCUT2D eigenvalue weighted by atomic mass is 16.2. The molecule has 0 spiro atoms. The van der Waals surface area contributed by atoms with E-state index in [0.717, 1.165) is 29.5 Å². The quantitative estimate of drug-likeness (QED) is 0.909. The Labute approximate surface area is 112 Å². The van der Waals surface area contributed by atoms with Crippen molar-refractivity contribution in [3.63, 3.8) is 0 Å². The normalized spacial score (nSPS) is 14.4. The van der Waals surface area contributed by atoms with Crippen LogP contribution in [0, 0.1) is 5.92 Å². The smallest absolute Gasteiger partial charge is 0.223 e. The summed E-state index contributed by atoms with van der Waals surface area (Å²) >= 11 is 0. The van der Waals surface area contributed by atoms with Crippen LogP contribution in [0.3, 0.4) is 0 Å². The highest BCUT2D eigenvalue weighted by Gasteiger charge is 2.29. The summed E-state index contributed by atoms with van der Waals surface area (Å²) in [4.78, 5) is 11.6. The molecule has 0 atom stereocenters. The lowest BCUT2D eigenvalue weighted by molar-refractivity contribution is -0.122. The number of nitrogens with one attached hydrogen (secondary N) is 1. The van der Waals surface area contributed by atoms with E-state index in [1.165, 1.54) is 0 Å². The van der Waals surface area contributed by atoms with Gasteiger partial charge in [0.1, 0.15) is 0 Å². The third kappa shape index (κ3) is 2.84. The number of carbonyl (C=O) groups excluding carboxylic acids is 1. The molecule has 4 heteroatoms. The van der Waals surface area contributed by atoms with Crippen molar-refractivity contribution in [2.75, 3.05) is 0 Å². The first-order valence-corrected chi connectivity index (χ1v) is 6.58.